The Morgan fingerprint density at radius 2 is 2.11 bits per heavy atom. The SMILES string of the molecule is C[SH](=O)=O.c1conn1. The van der Waals surface area contributed by atoms with E-state index in [2.05, 4.69) is 14.9 Å². The molecule has 52 valence electrons. The molecule has 0 spiro atoms. The van der Waals surface area contributed by atoms with Gasteiger partial charge in [-0.05, 0) is 0 Å². The van der Waals surface area contributed by atoms with Crippen LogP contribution in [0.1, 0.15) is 0 Å². The molecule has 0 radical (unpaired) electrons. The Morgan fingerprint density at radius 1 is 1.56 bits per heavy atom. The van der Waals surface area contributed by atoms with Crippen LogP contribution >= 0.6 is 0 Å². The summed E-state index contributed by atoms with van der Waals surface area (Å²) < 4.78 is 22.3. The van der Waals surface area contributed by atoms with Crippen molar-refractivity contribution < 1.29 is 12.9 Å². The number of hydrogen-bond donors (Lipinski definition) is 1. The van der Waals surface area contributed by atoms with Crippen LogP contribution in [0.4, 0.5) is 0 Å². The highest BCUT2D eigenvalue weighted by Gasteiger charge is 1.61. The van der Waals surface area contributed by atoms with Crippen molar-refractivity contribution in [2.45, 2.75) is 0 Å². The van der Waals surface area contributed by atoms with Gasteiger partial charge in [-0.25, -0.2) is 8.42 Å². The normalized spacial score (nSPS) is 8.22. The summed E-state index contributed by atoms with van der Waals surface area (Å²) in [6, 6.07) is 0. The quantitative estimate of drug-likeness (QED) is 0.495. The average molecular weight is 150 g/mol. The van der Waals surface area contributed by atoms with Gasteiger partial charge in [0.25, 0.3) is 0 Å². The topological polar surface area (TPSA) is 73.1 Å². The fraction of sp³-hybridized carbons (Fsp3) is 0.333. The van der Waals surface area contributed by atoms with Crippen LogP contribution in [-0.4, -0.2) is 25.0 Å². The van der Waals surface area contributed by atoms with Gasteiger partial charge >= 0.3 is 0 Å². The van der Waals surface area contributed by atoms with Crippen molar-refractivity contribution in [2.24, 2.45) is 0 Å². The lowest BCUT2D eigenvalue weighted by Crippen LogP contribution is -1.56. The summed E-state index contributed by atoms with van der Waals surface area (Å²) in [6.07, 6.45) is 4.00. The van der Waals surface area contributed by atoms with Gasteiger partial charge in [-0.15, -0.1) is 5.10 Å². The molecule has 0 saturated carbocycles. The Kier molecular flexibility index (Phi) is 4.70. The predicted octanol–water partition coefficient (Wildman–Crippen LogP) is -0.703. The maximum Gasteiger partial charge on any atom is 0.144 e. The molecular weight excluding hydrogens is 144 g/mol. The van der Waals surface area contributed by atoms with Gasteiger partial charge in [-0.1, -0.05) is 0 Å². The van der Waals surface area contributed by atoms with E-state index in [1.54, 1.807) is 0 Å². The van der Waals surface area contributed by atoms with Crippen LogP contribution in [-0.2, 0) is 10.7 Å². The Morgan fingerprint density at radius 3 is 2.22 bits per heavy atom. The van der Waals surface area contributed by atoms with Gasteiger partial charge in [-0.3, -0.25) is 0 Å². The molecule has 1 aromatic heterocycles. The van der Waals surface area contributed by atoms with E-state index in [0.717, 1.165) is 6.26 Å². The molecule has 1 aromatic rings. The largest absolute Gasteiger partial charge is 0.346 e. The molecule has 0 aromatic carbocycles. The molecule has 0 amide bonds. The number of rotatable bonds is 0. The standard InChI is InChI=1S/C2H2N2O.CH4O2S/c1-2-5-4-3-1;1-4(2)3/h1-2H;4H,1H3. The molecule has 1 rings (SSSR count). The number of nitrogens with zero attached hydrogens (tertiary/aromatic N) is 2. The van der Waals surface area contributed by atoms with Gasteiger partial charge in [0.15, 0.2) is 0 Å². The highest BCUT2D eigenvalue weighted by molar-refractivity contribution is 7.71. The predicted molar refractivity (Wildman–Crippen MR) is 30.5 cm³/mol. The summed E-state index contributed by atoms with van der Waals surface area (Å²) >= 11 is 0. The Balaban J connectivity index is 0.000000148. The zero-order valence-electron chi connectivity index (χ0n) is 4.72. The molecule has 0 unspecified atom stereocenters. The summed E-state index contributed by atoms with van der Waals surface area (Å²) in [7, 11) is -2.12. The summed E-state index contributed by atoms with van der Waals surface area (Å²) in [5.74, 6) is 0. The number of thiol groups is 1. The molecule has 0 aliphatic rings. The van der Waals surface area contributed by atoms with Crippen LogP contribution in [0.3, 0.4) is 0 Å². The fourth-order valence-corrected chi connectivity index (χ4v) is 0.136. The molecule has 0 aliphatic heterocycles. The second kappa shape index (κ2) is 5.23. The first-order valence-corrected chi connectivity index (χ1v) is 3.65. The highest BCUT2D eigenvalue weighted by atomic mass is 32.2. The summed E-state index contributed by atoms with van der Waals surface area (Å²) in [5, 5.41) is 6.40. The van der Waals surface area contributed by atoms with Crippen LogP contribution in [0.5, 0.6) is 0 Å². The van der Waals surface area contributed by atoms with E-state index in [0.29, 0.717) is 0 Å². The summed E-state index contributed by atoms with van der Waals surface area (Å²) in [6.45, 7) is 0. The van der Waals surface area contributed by atoms with Gasteiger partial charge in [-0.2, -0.15) is 0 Å². The van der Waals surface area contributed by atoms with E-state index in [9.17, 15) is 0 Å². The first kappa shape index (κ1) is 8.09. The first-order chi connectivity index (χ1) is 4.23. The van der Waals surface area contributed by atoms with Crippen molar-refractivity contribution in [3.8, 4) is 0 Å². The molecule has 0 atom stereocenters. The minimum absolute atomic E-state index is 1.12. The van der Waals surface area contributed by atoms with Crippen LogP contribution in [0.2, 0.25) is 0 Å². The fourth-order valence-electron chi connectivity index (χ4n) is 0.136. The second-order valence-corrected chi connectivity index (χ2v) is 1.91. The number of hydrogen-bond acceptors (Lipinski definition) is 5. The molecule has 0 saturated heterocycles. The maximum absolute atomic E-state index is 9.04. The van der Waals surface area contributed by atoms with Gasteiger partial charge in [0, 0.05) is 11.5 Å². The molecule has 1 heterocycles. The lowest BCUT2D eigenvalue weighted by Gasteiger charge is -1.45. The van der Waals surface area contributed by atoms with Gasteiger partial charge in [0.1, 0.15) is 17.0 Å². The lowest BCUT2D eigenvalue weighted by atomic mass is 11.0. The molecule has 6 heteroatoms. The highest BCUT2D eigenvalue weighted by Crippen LogP contribution is 1.64. The van der Waals surface area contributed by atoms with Gasteiger partial charge < -0.3 is 4.52 Å². The van der Waals surface area contributed by atoms with E-state index in [1.165, 1.54) is 12.5 Å². The van der Waals surface area contributed by atoms with E-state index in [1.807, 2.05) is 0 Å². The smallest absolute Gasteiger partial charge is 0.144 e. The first-order valence-electron chi connectivity index (χ1n) is 2.02. The molecule has 0 fully saturated rings. The number of aromatic nitrogens is 2. The third-order valence-corrected chi connectivity index (χ3v) is 0.283. The van der Waals surface area contributed by atoms with E-state index >= 15 is 0 Å². The van der Waals surface area contributed by atoms with Crippen LogP contribution in [0.25, 0.3) is 0 Å². The average Bonchev–Trinajstić information content (AvgIpc) is 2.11. The van der Waals surface area contributed by atoms with Crippen LogP contribution < -0.4 is 0 Å². The van der Waals surface area contributed by atoms with E-state index in [4.69, 9.17) is 8.42 Å². The molecular formula is C3H6N2O3S. The van der Waals surface area contributed by atoms with Crippen LogP contribution in [0.15, 0.2) is 17.0 Å². The van der Waals surface area contributed by atoms with Crippen molar-refractivity contribution in [3.63, 3.8) is 0 Å². The summed E-state index contributed by atoms with van der Waals surface area (Å²) in [5.41, 5.74) is 0. The molecule has 5 nitrogen and oxygen atoms in total. The van der Waals surface area contributed by atoms with Crippen molar-refractivity contribution in [2.75, 3.05) is 6.26 Å². The van der Waals surface area contributed by atoms with Crippen molar-refractivity contribution in [1.29, 1.82) is 0 Å². The van der Waals surface area contributed by atoms with E-state index < -0.39 is 10.7 Å². The van der Waals surface area contributed by atoms with Crippen LogP contribution in [0, 0.1) is 0 Å². The molecule has 0 aliphatic carbocycles. The second-order valence-electron chi connectivity index (χ2n) is 1.03. The van der Waals surface area contributed by atoms with Gasteiger partial charge in [0.05, 0.1) is 6.20 Å². The third kappa shape index (κ3) is 11.0. The monoisotopic (exact) mass is 150 g/mol. The van der Waals surface area contributed by atoms with E-state index in [-0.39, 0.29) is 0 Å². The maximum atomic E-state index is 9.04. The third-order valence-electron chi connectivity index (χ3n) is 0.283. The Hall–Kier alpha value is -0.910. The lowest BCUT2D eigenvalue weighted by molar-refractivity contribution is 0.393. The minimum Gasteiger partial charge on any atom is -0.346 e. The summed E-state index contributed by atoms with van der Waals surface area (Å²) in [4.78, 5) is 0. The Labute approximate surface area is 53.6 Å². The molecule has 9 heavy (non-hydrogen) atoms. The Bertz CT molecular complexity index is 168. The molecule has 0 bridgehead atoms. The van der Waals surface area contributed by atoms with Crippen molar-refractivity contribution in [1.82, 2.24) is 10.4 Å². The molecule has 0 N–H and O–H groups in total. The van der Waals surface area contributed by atoms with Crippen molar-refractivity contribution >= 4 is 10.7 Å². The zero-order valence-corrected chi connectivity index (χ0v) is 5.62. The minimum atomic E-state index is -2.12. The van der Waals surface area contributed by atoms with Gasteiger partial charge in [0.2, 0.25) is 0 Å². The zero-order chi connectivity index (χ0) is 7.11. The van der Waals surface area contributed by atoms with Crippen molar-refractivity contribution in [3.05, 3.63) is 12.5 Å².